The second-order valence-electron chi connectivity index (χ2n) is 18.7. The summed E-state index contributed by atoms with van der Waals surface area (Å²) in [5.41, 5.74) is 11.9. The second-order valence-corrected chi connectivity index (χ2v) is 18.7. The van der Waals surface area contributed by atoms with Gasteiger partial charge >= 0.3 is 5.97 Å². The molecule has 268 valence electrons. The molecule has 6 aliphatic rings. The average molecular weight is 670 g/mol. The lowest BCUT2D eigenvalue weighted by molar-refractivity contribution is -0.219. The number of rotatable bonds is 7. The molecule has 49 heavy (non-hydrogen) atoms. The minimum atomic E-state index is -0.706. The van der Waals surface area contributed by atoms with E-state index in [0.29, 0.717) is 65.7 Å². The number of hydrogen-bond donors (Lipinski definition) is 1. The first-order valence-corrected chi connectivity index (χ1v) is 19.6. The molecule has 7 rings (SSSR count). The number of nitrogens with zero attached hydrogens (tertiary/aromatic N) is 2. The van der Waals surface area contributed by atoms with E-state index < -0.39 is 5.41 Å². The SMILES string of the molecule is C=C(C)[C@@H]1CC[C@]2(N)CC[C@]3(C)[C@@H](CC[C@@H]4[C@@]5(C)CC=C(C6=CC[C@](COc7ccncn7)(C(=O)OCC)CC6)C(C)(C)[C@@H]5CC[C@]43C)[C@@H]12. The Morgan fingerprint density at radius 2 is 1.76 bits per heavy atom. The fourth-order valence-corrected chi connectivity index (χ4v) is 13.7. The Bertz CT molecular complexity index is 1530. The fraction of sp³-hybridized carbons (Fsp3) is 0.744. The highest BCUT2D eigenvalue weighted by Gasteiger charge is 2.70. The quantitative estimate of drug-likeness (QED) is 0.230. The lowest BCUT2D eigenvalue weighted by atomic mass is 9.33. The van der Waals surface area contributed by atoms with Gasteiger partial charge in [0.05, 0.1) is 6.61 Å². The van der Waals surface area contributed by atoms with Crippen LogP contribution >= 0.6 is 0 Å². The molecule has 1 aromatic heterocycles. The van der Waals surface area contributed by atoms with E-state index in [4.69, 9.17) is 15.2 Å². The molecule has 0 bridgehead atoms. The molecule has 0 aliphatic heterocycles. The highest BCUT2D eigenvalue weighted by molar-refractivity contribution is 5.78. The van der Waals surface area contributed by atoms with Crippen molar-refractivity contribution in [2.24, 2.45) is 62.4 Å². The normalized spacial score (nSPS) is 43.9. The summed E-state index contributed by atoms with van der Waals surface area (Å²) in [7, 11) is 0. The van der Waals surface area contributed by atoms with Crippen molar-refractivity contribution >= 4 is 5.97 Å². The first-order valence-electron chi connectivity index (χ1n) is 19.6. The van der Waals surface area contributed by atoms with Crippen LogP contribution in [0.25, 0.3) is 0 Å². The summed E-state index contributed by atoms with van der Waals surface area (Å²) < 4.78 is 11.7. The Balaban J connectivity index is 1.15. The lowest BCUT2D eigenvalue weighted by Crippen LogP contribution is -2.67. The van der Waals surface area contributed by atoms with E-state index in [1.807, 2.05) is 6.92 Å². The lowest BCUT2D eigenvalue weighted by Gasteiger charge is -2.72. The number of fused-ring (bicyclic) bond motifs is 7. The van der Waals surface area contributed by atoms with Gasteiger partial charge in [-0.2, -0.15) is 0 Å². The van der Waals surface area contributed by atoms with Crippen molar-refractivity contribution in [2.45, 2.75) is 131 Å². The first-order chi connectivity index (χ1) is 23.2. The van der Waals surface area contributed by atoms with Crippen molar-refractivity contribution in [1.29, 1.82) is 0 Å². The maximum Gasteiger partial charge on any atom is 0.315 e. The molecule has 6 heteroatoms. The van der Waals surface area contributed by atoms with Crippen LogP contribution in [0.4, 0.5) is 0 Å². The molecule has 0 aromatic carbocycles. The third kappa shape index (κ3) is 5.14. The molecule has 0 amide bonds. The van der Waals surface area contributed by atoms with E-state index in [1.165, 1.54) is 74.4 Å². The van der Waals surface area contributed by atoms with Gasteiger partial charge in [0, 0.05) is 17.8 Å². The zero-order chi connectivity index (χ0) is 35.0. The minimum absolute atomic E-state index is 0.00316. The van der Waals surface area contributed by atoms with Crippen LogP contribution in [0.3, 0.4) is 0 Å². The van der Waals surface area contributed by atoms with Crippen LogP contribution in [0.1, 0.15) is 126 Å². The summed E-state index contributed by atoms with van der Waals surface area (Å²) in [6, 6.07) is 1.74. The monoisotopic (exact) mass is 669 g/mol. The molecule has 6 nitrogen and oxygen atoms in total. The van der Waals surface area contributed by atoms with Crippen molar-refractivity contribution in [2.75, 3.05) is 13.2 Å². The summed E-state index contributed by atoms with van der Waals surface area (Å²) in [4.78, 5) is 21.6. The molecule has 4 saturated carbocycles. The van der Waals surface area contributed by atoms with E-state index >= 15 is 0 Å². The van der Waals surface area contributed by atoms with Crippen LogP contribution in [0.2, 0.25) is 0 Å². The summed E-state index contributed by atoms with van der Waals surface area (Å²) in [5, 5.41) is 0. The van der Waals surface area contributed by atoms with Gasteiger partial charge in [-0.1, -0.05) is 58.9 Å². The average Bonchev–Trinajstić information content (AvgIpc) is 3.43. The van der Waals surface area contributed by atoms with Crippen LogP contribution in [-0.2, 0) is 9.53 Å². The van der Waals surface area contributed by atoms with Crippen molar-refractivity contribution in [1.82, 2.24) is 9.97 Å². The topological polar surface area (TPSA) is 87.3 Å². The van der Waals surface area contributed by atoms with E-state index in [9.17, 15) is 4.79 Å². The van der Waals surface area contributed by atoms with Gasteiger partial charge in [0.25, 0.3) is 0 Å². The number of carbonyl (C=O) groups excluding carboxylic acids is 1. The second kappa shape index (κ2) is 12.1. The van der Waals surface area contributed by atoms with Crippen LogP contribution < -0.4 is 10.5 Å². The molecule has 1 heterocycles. The number of aromatic nitrogens is 2. The van der Waals surface area contributed by atoms with Crippen molar-refractivity contribution in [3.63, 3.8) is 0 Å². The fourth-order valence-electron chi connectivity index (χ4n) is 13.7. The molecule has 0 saturated heterocycles. The standard InChI is InChI=1S/C43H63N3O3/c1-9-48-37(47)42(26-49-35-17-25-45-27-46-35)20-12-29(13-21-42)31-15-18-39(6)33(38(31,4)5)16-19-41(8)34(39)11-10-32-36-30(28(2)3)14-22-43(36,44)24-23-40(32,41)7/h12,15,17,25,27,30,32-34,36H,2,9-11,13-14,16,18-24,26,44H2,1,3-8H3/t30-,32-,33-,34+,36+,39-,40+,41+,42-,43-/m0/s1. The molecule has 6 aliphatic carbocycles. The number of hydrogen-bond acceptors (Lipinski definition) is 6. The van der Waals surface area contributed by atoms with Crippen LogP contribution in [-0.4, -0.2) is 34.7 Å². The number of carbonyl (C=O) groups is 1. The van der Waals surface area contributed by atoms with Gasteiger partial charge in [0.15, 0.2) is 0 Å². The number of allylic oxidation sites excluding steroid dienone is 5. The molecule has 4 fully saturated rings. The maximum atomic E-state index is 13.4. The predicted molar refractivity (Wildman–Crippen MR) is 195 cm³/mol. The zero-order valence-corrected chi connectivity index (χ0v) is 31.6. The van der Waals surface area contributed by atoms with Gasteiger partial charge in [0.1, 0.15) is 18.3 Å². The predicted octanol–water partition coefficient (Wildman–Crippen LogP) is 9.42. The Morgan fingerprint density at radius 3 is 2.43 bits per heavy atom. The Hall–Kier alpha value is -2.47. The van der Waals surface area contributed by atoms with Gasteiger partial charge in [-0.05, 0) is 153 Å². The molecule has 0 unspecified atom stereocenters. The van der Waals surface area contributed by atoms with Crippen LogP contribution in [0.15, 0.2) is 54.0 Å². The Kier molecular flexibility index (Phi) is 8.60. The van der Waals surface area contributed by atoms with E-state index in [-0.39, 0.29) is 28.9 Å². The Labute approximate surface area is 296 Å². The summed E-state index contributed by atoms with van der Waals surface area (Å²) in [5.74, 6) is 3.54. The van der Waals surface area contributed by atoms with Gasteiger partial charge in [-0.25, -0.2) is 9.97 Å². The summed E-state index contributed by atoms with van der Waals surface area (Å²) >= 11 is 0. The number of ether oxygens (including phenoxy) is 2. The van der Waals surface area contributed by atoms with E-state index in [0.717, 1.165) is 12.8 Å². The molecular weight excluding hydrogens is 606 g/mol. The highest BCUT2D eigenvalue weighted by atomic mass is 16.5. The molecule has 2 N–H and O–H groups in total. The molecule has 10 atom stereocenters. The summed E-state index contributed by atoms with van der Waals surface area (Å²) in [6.07, 6.45) is 21.6. The smallest absolute Gasteiger partial charge is 0.315 e. The minimum Gasteiger partial charge on any atom is -0.476 e. The maximum absolute atomic E-state index is 13.4. The molecule has 0 spiro atoms. The summed E-state index contributed by atoms with van der Waals surface area (Å²) in [6.45, 7) is 22.4. The molecular formula is C43H63N3O3. The number of esters is 1. The van der Waals surface area contributed by atoms with E-state index in [1.54, 1.807) is 12.3 Å². The first kappa shape index (κ1) is 35.0. The van der Waals surface area contributed by atoms with Crippen LogP contribution in [0, 0.1) is 56.7 Å². The Morgan fingerprint density at radius 1 is 0.959 bits per heavy atom. The van der Waals surface area contributed by atoms with Gasteiger partial charge in [-0.15, -0.1) is 0 Å². The van der Waals surface area contributed by atoms with Crippen LogP contribution in [0.5, 0.6) is 5.88 Å². The van der Waals surface area contributed by atoms with Gasteiger partial charge < -0.3 is 15.2 Å². The van der Waals surface area contributed by atoms with Crippen molar-refractivity contribution in [3.05, 3.63) is 54.0 Å². The van der Waals surface area contributed by atoms with Gasteiger partial charge in [-0.3, -0.25) is 4.79 Å². The molecule has 1 aromatic rings. The number of nitrogens with two attached hydrogens (primary N) is 1. The largest absolute Gasteiger partial charge is 0.476 e. The van der Waals surface area contributed by atoms with Crippen molar-refractivity contribution in [3.8, 4) is 5.88 Å². The highest BCUT2D eigenvalue weighted by Crippen LogP contribution is 2.76. The third-order valence-electron chi connectivity index (χ3n) is 16.4. The van der Waals surface area contributed by atoms with Gasteiger partial charge in [0.2, 0.25) is 5.88 Å². The molecule has 0 radical (unpaired) electrons. The van der Waals surface area contributed by atoms with E-state index in [2.05, 4.69) is 70.2 Å². The third-order valence-corrected chi connectivity index (χ3v) is 16.4. The zero-order valence-electron chi connectivity index (χ0n) is 31.6. The van der Waals surface area contributed by atoms with Crippen molar-refractivity contribution < 1.29 is 14.3 Å².